The van der Waals surface area contributed by atoms with Crippen molar-refractivity contribution in [1.82, 2.24) is 20.2 Å². The molecule has 0 saturated carbocycles. The molecule has 0 aliphatic heterocycles. The van der Waals surface area contributed by atoms with Crippen molar-refractivity contribution in [3.05, 3.63) is 35.7 Å². The van der Waals surface area contributed by atoms with Crippen LogP contribution in [0.5, 0.6) is 0 Å². The van der Waals surface area contributed by atoms with Crippen molar-refractivity contribution < 1.29 is 9.90 Å². The van der Waals surface area contributed by atoms with Gasteiger partial charge < -0.3 is 10.4 Å². The van der Waals surface area contributed by atoms with Crippen LogP contribution < -0.4 is 5.32 Å². The summed E-state index contributed by atoms with van der Waals surface area (Å²) in [7, 11) is 0. The molecule has 1 amide bonds. The lowest BCUT2D eigenvalue weighted by Gasteiger charge is -2.06. The summed E-state index contributed by atoms with van der Waals surface area (Å²) >= 11 is 0. The molecule has 7 nitrogen and oxygen atoms in total. The first-order valence-corrected chi connectivity index (χ1v) is 6.39. The van der Waals surface area contributed by atoms with Crippen LogP contribution in [-0.2, 0) is 11.3 Å². The summed E-state index contributed by atoms with van der Waals surface area (Å²) in [5.74, 6) is 5.58. The summed E-state index contributed by atoms with van der Waals surface area (Å²) in [6.45, 7) is 2.01. The van der Waals surface area contributed by atoms with E-state index in [2.05, 4.69) is 32.7 Å². The summed E-state index contributed by atoms with van der Waals surface area (Å²) in [4.78, 5) is 11.9. The lowest BCUT2D eigenvalue weighted by molar-refractivity contribution is -0.116. The van der Waals surface area contributed by atoms with E-state index in [1.807, 2.05) is 19.1 Å². The van der Waals surface area contributed by atoms with E-state index < -0.39 is 0 Å². The van der Waals surface area contributed by atoms with E-state index in [0.29, 0.717) is 12.1 Å². The Morgan fingerprint density at radius 3 is 3.00 bits per heavy atom. The number of hydrogen-bond donors (Lipinski definition) is 2. The first kappa shape index (κ1) is 14.7. The second kappa shape index (κ2) is 7.17. The molecular formula is C14H15N5O2. The highest BCUT2D eigenvalue weighted by Gasteiger charge is 2.05. The normalized spacial score (nSPS) is 9.81. The molecule has 0 spiro atoms. The molecule has 0 aliphatic carbocycles. The smallest absolute Gasteiger partial charge is 0.246 e. The Labute approximate surface area is 122 Å². The minimum Gasteiger partial charge on any atom is -0.395 e. The third-order valence-electron chi connectivity index (χ3n) is 2.53. The number of aryl methyl sites for hydroxylation is 1. The van der Waals surface area contributed by atoms with Gasteiger partial charge in [0.05, 0.1) is 6.61 Å². The number of benzene rings is 1. The van der Waals surface area contributed by atoms with Gasteiger partial charge in [-0.05, 0) is 41.1 Å². The minimum atomic E-state index is -0.220. The van der Waals surface area contributed by atoms with Crippen LogP contribution in [0.2, 0.25) is 0 Å². The molecule has 108 valence electrons. The summed E-state index contributed by atoms with van der Waals surface area (Å²) in [6.07, 6.45) is 1.80. The van der Waals surface area contributed by atoms with Crippen LogP contribution in [0, 0.1) is 18.8 Å². The summed E-state index contributed by atoms with van der Waals surface area (Å²) in [5, 5.41) is 22.1. The van der Waals surface area contributed by atoms with Crippen molar-refractivity contribution in [2.75, 3.05) is 11.9 Å². The van der Waals surface area contributed by atoms with Crippen LogP contribution in [-0.4, -0.2) is 37.8 Å². The van der Waals surface area contributed by atoms with Crippen LogP contribution in [0.4, 0.5) is 5.69 Å². The number of amides is 1. The zero-order valence-corrected chi connectivity index (χ0v) is 11.6. The highest BCUT2D eigenvalue weighted by Crippen LogP contribution is 2.14. The molecule has 0 fully saturated rings. The molecule has 21 heavy (non-hydrogen) atoms. The number of nitrogens with zero attached hydrogens (tertiary/aromatic N) is 4. The zero-order valence-electron chi connectivity index (χ0n) is 11.6. The number of carbonyl (C=O) groups excluding carboxylic acids is 1. The molecule has 1 aromatic heterocycles. The first-order chi connectivity index (χ1) is 10.2. The zero-order chi connectivity index (χ0) is 15.1. The van der Waals surface area contributed by atoms with Crippen LogP contribution in [0.15, 0.2) is 24.5 Å². The molecule has 0 aliphatic rings. The van der Waals surface area contributed by atoms with Crippen molar-refractivity contribution in [3.8, 4) is 11.8 Å². The van der Waals surface area contributed by atoms with Crippen molar-refractivity contribution in [1.29, 1.82) is 0 Å². The summed E-state index contributed by atoms with van der Waals surface area (Å²) < 4.78 is 1.34. The van der Waals surface area contributed by atoms with Gasteiger partial charge in [-0.1, -0.05) is 11.8 Å². The number of carbonyl (C=O) groups is 1. The molecule has 1 heterocycles. The predicted molar refractivity (Wildman–Crippen MR) is 76.2 cm³/mol. The summed E-state index contributed by atoms with van der Waals surface area (Å²) in [5.41, 5.74) is 2.45. The van der Waals surface area contributed by atoms with Crippen molar-refractivity contribution >= 4 is 11.6 Å². The topological polar surface area (TPSA) is 92.9 Å². The molecule has 0 bridgehead atoms. The van der Waals surface area contributed by atoms with Gasteiger partial charge in [0, 0.05) is 17.7 Å². The second-order valence-electron chi connectivity index (χ2n) is 4.42. The summed E-state index contributed by atoms with van der Waals surface area (Å²) in [6, 6.07) is 5.56. The van der Waals surface area contributed by atoms with Gasteiger partial charge in [-0.25, -0.2) is 4.68 Å². The van der Waals surface area contributed by atoms with Crippen LogP contribution in [0.25, 0.3) is 0 Å². The van der Waals surface area contributed by atoms with E-state index in [4.69, 9.17) is 5.11 Å². The Kier molecular flexibility index (Phi) is 5.01. The van der Waals surface area contributed by atoms with E-state index in [1.54, 1.807) is 6.07 Å². The van der Waals surface area contributed by atoms with Crippen molar-refractivity contribution in [2.45, 2.75) is 19.9 Å². The molecule has 7 heteroatoms. The van der Waals surface area contributed by atoms with E-state index in [9.17, 15) is 4.79 Å². The molecule has 0 saturated heterocycles. The number of tetrazole rings is 1. The molecule has 2 N–H and O–H groups in total. The Bertz CT molecular complexity index is 670. The van der Waals surface area contributed by atoms with E-state index >= 15 is 0 Å². The highest BCUT2D eigenvalue weighted by molar-refractivity contribution is 5.90. The maximum Gasteiger partial charge on any atom is 0.246 e. The standard InChI is InChI=1S/C14H15N5O2/c1-11-6-12(4-2-3-5-20)8-13(7-11)16-14(21)9-19-10-15-17-18-19/h6-8,10,20H,3,5,9H2,1H3,(H,16,21). The Hall–Kier alpha value is -2.72. The third kappa shape index (κ3) is 4.71. The van der Waals surface area contributed by atoms with E-state index in [-0.39, 0.29) is 19.1 Å². The molecule has 1 aromatic carbocycles. The van der Waals surface area contributed by atoms with Crippen LogP contribution in [0.3, 0.4) is 0 Å². The Morgan fingerprint density at radius 1 is 1.43 bits per heavy atom. The van der Waals surface area contributed by atoms with Crippen LogP contribution >= 0.6 is 0 Å². The number of hydrogen-bond acceptors (Lipinski definition) is 5. The Balaban J connectivity index is 2.06. The number of rotatable bonds is 4. The minimum absolute atomic E-state index is 0.0361. The molecule has 2 aromatic rings. The van der Waals surface area contributed by atoms with Crippen molar-refractivity contribution in [3.63, 3.8) is 0 Å². The van der Waals surface area contributed by atoms with Crippen LogP contribution in [0.1, 0.15) is 17.5 Å². The van der Waals surface area contributed by atoms with Gasteiger partial charge >= 0.3 is 0 Å². The fourth-order valence-electron chi connectivity index (χ4n) is 1.75. The molecule has 0 unspecified atom stereocenters. The molecular weight excluding hydrogens is 270 g/mol. The lowest BCUT2D eigenvalue weighted by Crippen LogP contribution is -2.19. The number of anilines is 1. The number of nitrogens with one attached hydrogen (secondary N) is 1. The maximum absolute atomic E-state index is 11.9. The van der Waals surface area contributed by atoms with Gasteiger partial charge in [0.15, 0.2) is 0 Å². The van der Waals surface area contributed by atoms with Gasteiger partial charge in [-0.2, -0.15) is 0 Å². The average molecular weight is 285 g/mol. The lowest BCUT2D eigenvalue weighted by atomic mass is 10.1. The molecule has 0 atom stereocenters. The van der Waals surface area contributed by atoms with E-state index in [1.165, 1.54) is 11.0 Å². The van der Waals surface area contributed by atoms with Gasteiger partial charge in [-0.3, -0.25) is 4.79 Å². The Morgan fingerprint density at radius 2 is 2.29 bits per heavy atom. The molecule has 0 radical (unpaired) electrons. The average Bonchev–Trinajstić information content (AvgIpc) is 2.91. The SMILES string of the molecule is Cc1cc(C#CCCO)cc(NC(=O)Cn2cnnn2)c1. The largest absolute Gasteiger partial charge is 0.395 e. The fraction of sp³-hybridized carbons (Fsp3) is 0.286. The number of aliphatic hydroxyl groups excluding tert-OH is 1. The third-order valence-corrected chi connectivity index (χ3v) is 2.53. The first-order valence-electron chi connectivity index (χ1n) is 6.39. The van der Waals surface area contributed by atoms with Gasteiger partial charge in [0.25, 0.3) is 0 Å². The van der Waals surface area contributed by atoms with Gasteiger partial charge in [-0.15, -0.1) is 5.10 Å². The second-order valence-corrected chi connectivity index (χ2v) is 4.42. The van der Waals surface area contributed by atoms with Crippen molar-refractivity contribution in [2.24, 2.45) is 0 Å². The maximum atomic E-state index is 11.9. The highest BCUT2D eigenvalue weighted by atomic mass is 16.2. The van der Waals surface area contributed by atoms with Gasteiger partial charge in [0.2, 0.25) is 5.91 Å². The molecule has 2 rings (SSSR count). The number of aliphatic hydroxyl groups is 1. The quantitative estimate of drug-likeness (QED) is 0.791. The van der Waals surface area contributed by atoms with E-state index in [0.717, 1.165) is 11.1 Å². The fourth-order valence-corrected chi connectivity index (χ4v) is 1.75. The predicted octanol–water partition coefficient (Wildman–Crippen LogP) is 0.354. The van der Waals surface area contributed by atoms with Gasteiger partial charge in [0.1, 0.15) is 12.9 Å². The number of aromatic nitrogens is 4. The monoisotopic (exact) mass is 285 g/mol.